The fourth-order valence-electron chi connectivity index (χ4n) is 3.15. The van der Waals surface area contributed by atoms with Crippen LogP contribution in [0.15, 0.2) is 36.4 Å². The number of nitrogens with one attached hydrogen (secondary N) is 1. The minimum Gasteiger partial charge on any atom is -0.326 e. The fourth-order valence-corrected chi connectivity index (χ4v) is 3.15. The van der Waals surface area contributed by atoms with E-state index in [1.165, 1.54) is 5.56 Å². The van der Waals surface area contributed by atoms with Crippen molar-refractivity contribution < 1.29 is 9.59 Å². The second-order valence-electron chi connectivity index (χ2n) is 6.91. The summed E-state index contributed by atoms with van der Waals surface area (Å²) in [4.78, 5) is 26.8. The highest BCUT2D eigenvalue weighted by molar-refractivity contribution is 6.03. The molecule has 0 aromatic heterocycles. The van der Waals surface area contributed by atoms with Gasteiger partial charge in [-0.25, -0.2) is 0 Å². The highest BCUT2D eigenvalue weighted by Gasteiger charge is 2.35. The van der Waals surface area contributed by atoms with Crippen molar-refractivity contribution in [2.24, 2.45) is 5.92 Å². The molecule has 4 heteroatoms. The molecule has 2 aromatic carbocycles. The van der Waals surface area contributed by atoms with Gasteiger partial charge < -0.3 is 10.2 Å². The Hall–Kier alpha value is -2.62. The van der Waals surface area contributed by atoms with Gasteiger partial charge in [-0.05, 0) is 68.1 Å². The van der Waals surface area contributed by atoms with Crippen LogP contribution in [-0.4, -0.2) is 18.4 Å². The Labute approximate surface area is 148 Å². The van der Waals surface area contributed by atoms with Crippen molar-refractivity contribution in [3.05, 3.63) is 58.7 Å². The molecule has 2 aromatic rings. The van der Waals surface area contributed by atoms with Crippen molar-refractivity contribution in [2.75, 3.05) is 16.8 Å². The lowest BCUT2D eigenvalue weighted by Crippen LogP contribution is -2.28. The van der Waals surface area contributed by atoms with Gasteiger partial charge in [-0.3, -0.25) is 9.59 Å². The smallest absolute Gasteiger partial charge is 0.229 e. The zero-order chi connectivity index (χ0) is 18.1. The zero-order valence-electron chi connectivity index (χ0n) is 15.2. The summed E-state index contributed by atoms with van der Waals surface area (Å²) in [5.41, 5.74) is 6.23. The molecule has 1 unspecified atom stereocenters. The van der Waals surface area contributed by atoms with Gasteiger partial charge in [-0.2, -0.15) is 0 Å². The number of benzene rings is 2. The van der Waals surface area contributed by atoms with Crippen LogP contribution in [0.5, 0.6) is 0 Å². The first kappa shape index (κ1) is 17.2. The highest BCUT2D eigenvalue weighted by atomic mass is 16.2. The van der Waals surface area contributed by atoms with Crippen LogP contribution in [0.3, 0.4) is 0 Å². The van der Waals surface area contributed by atoms with Crippen LogP contribution in [0.25, 0.3) is 0 Å². The Balaban J connectivity index is 1.74. The molecule has 0 bridgehead atoms. The van der Waals surface area contributed by atoms with E-state index in [0.717, 1.165) is 28.1 Å². The summed E-state index contributed by atoms with van der Waals surface area (Å²) in [6, 6.07) is 11.8. The van der Waals surface area contributed by atoms with Crippen molar-refractivity contribution in [1.82, 2.24) is 0 Å². The summed E-state index contributed by atoms with van der Waals surface area (Å²) in [6.07, 6.45) is 0.254. The zero-order valence-corrected chi connectivity index (χ0v) is 15.2. The Morgan fingerprint density at radius 3 is 2.52 bits per heavy atom. The van der Waals surface area contributed by atoms with Crippen LogP contribution in [0.2, 0.25) is 0 Å². The Kier molecular flexibility index (Phi) is 4.62. The quantitative estimate of drug-likeness (QED) is 0.924. The van der Waals surface area contributed by atoms with E-state index in [1.807, 2.05) is 64.1 Å². The lowest BCUT2D eigenvalue weighted by Gasteiger charge is -2.18. The maximum absolute atomic E-state index is 12.6. The van der Waals surface area contributed by atoms with Gasteiger partial charge in [-0.1, -0.05) is 18.2 Å². The predicted molar refractivity (Wildman–Crippen MR) is 101 cm³/mol. The van der Waals surface area contributed by atoms with Gasteiger partial charge >= 0.3 is 0 Å². The van der Waals surface area contributed by atoms with Gasteiger partial charge in [0.2, 0.25) is 11.8 Å². The molecular weight excluding hydrogens is 312 g/mol. The highest BCUT2D eigenvalue weighted by Crippen LogP contribution is 2.28. The number of rotatable bonds is 3. The van der Waals surface area contributed by atoms with Crippen molar-refractivity contribution >= 4 is 23.2 Å². The molecule has 1 atom stereocenters. The van der Waals surface area contributed by atoms with Crippen molar-refractivity contribution in [1.29, 1.82) is 0 Å². The molecule has 4 nitrogen and oxygen atoms in total. The number of hydrogen-bond acceptors (Lipinski definition) is 2. The van der Waals surface area contributed by atoms with Crippen LogP contribution in [0.1, 0.15) is 28.7 Å². The molecule has 0 radical (unpaired) electrons. The first-order chi connectivity index (χ1) is 11.9. The molecule has 0 aliphatic carbocycles. The SMILES string of the molecule is Cc1ccc(N2CC(C(=O)Nc3cccc(C)c3C)CC2=O)cc1C. The van der Waals surface area contributed by atoms with Gasteiger partial charge in [0, 0.05) is 24.3 Å². The minimum atomic E-state index is -0.325. The number of amides is 2. The number of aryl methyl sites for hydroxylation is 3. The average Bonchev–Trinajstić information content (AvgIpc) is 2.96. The topological polar surface area (TPSA) is 49.4 Å². The minimum absolute atomic E-state index is 0.00404. The first-order valence-electron chi connectivity index (χ1n) is 8.61. The van der Waals surface area contributed by atoms with E-state index < -0.39 is 0 Å². The summed E-state index contributed by atoms with van der Waals surface area (Å²) in [7, 11) is 0. The normalized spacial score (nSPS) is 17.0. The van der Waals surface area contributed by atoms with Crippen LogP contribution in [0.4, 0.5) is 11.4 Å². The van der Waals surface area contributed by atoms with Crippen molar-refractivity contribution in [3.8, 4) is 0 Å². The fraction of sp³-hybridized carbons (Fsp3) is 0.333. The molecule has 25 heavy (non-hydrogen) atoms. The van der Waals surface area contributed by atoms with Gasteiger partial charge in [0.05, 0.1) is 5.92 Å². The molecule has 130 valence electrons. The average molecular weight is 336 g/mol. The van der Waals surface area contributed by atoms with E-state index in [9.17, 15) is 9.59 Å². The van der Waals surface area contributed by atoms with Gasteiger partial charge in [0.15, 0.2) is 0 Å². The van der Waals surface area contributed by atoms with E-state index in [2.05, 4.69) is 5.32 Å². The molecule has 1 heterocycles. The summed E-state index contributed by atoms with van der Waals surface area (Å²) >= 11 is 0. The third-order valence-corrected chi connectivity index (χ3v) is 5.16. The standard InChI is InChI=1S/C21H24N2O2/c1-13-8-9-18(10-15(13)3)23-12-17(11-20(23)24)21(25)22-19-7-5-6-14(2)16(19)4/h5-10,17H,11-12H2,1-4H3,(H,22,25). The lowest BCUT2D eigenvalue weighted by atomic mass is 10.1. The molecule has 0 saturated carbocycles. The van der Waals surface area contributed by atoms with E-state index >= 15 is 0 Å². The number of hydrogen-bond donors (Lipinski definition) is 1. The number of carbonyl (C=O) groups is 2. The summed E-state index contributed by atoms with van der Waals surface area (Å²) < 4.78 is 0. The maximum Gasteiger partial charge on any atom is 0.229 e. The summed E-state index contributed by atoms with van der Waals surface area (Å²) in [5.74, 6) is -0.410. The number of carbonyl (C=O) groups excluding carboxylic acids is 2. The predicted octanol–water partition coefficient (Wildman–Crippen LogP) is 3.91. The molecule has 3 rings (SSSR count). The molecule has 0 spiro atoms. The second kappa shape index (κ2) is 6.71. The van der Waals surface area contributed by atoms with E-state index in [4.69, 9.17) is 0 Å². The third kappa shape index (κ3) is 3.43. The van der Waals surface area contributed by atoms with Crippen molar-refractivity contribution in [2.45, 2.75) is 34.1 Å². The third-order valence-electron chi connectivity index (χ3n) is 5.16. The van der Waals surface area contributed by atoms with E-state index in [-0.39, 0.29) is 24.2 Å². The Morgan fingerprint density at radius 1 is 1.04 bits per heavy atom. The molecule has 2 amide bonds. The van der Waals surface area contributed by atoms with E-state index in [1.54, 1.807) is 4.90 Å². The monoisotopic (exact) mass is 336 g/mol. The molecule has 1 fully saturated rings. The molecule has 1 aliphatic rings. The second-order valence-corrected chi connectivity index (χ2v) is 6.91. The van der Waals surface area contributed by atoms with Crippen molar-refractivity contribution in [3.63, 3.8) is 0 Å². The summed E-state index contributed by atoms with van der Waals surface area (Å²) in [5, 5.41) is 2.99. The van der Waals surface area contributed by atoms with Crippen LogP contribution in [0, 0.1) is 33.6 Å². The largest absolute Gasteiger partial charge is 0.326 e. The number of anilines is 2. The molecule has 1 aliphatic heterocycles. The van der Waals surface area contributed by atoms with Gasteiger partial charge in [-0.15, -0.1) is 0 Å². The Bertz CT molecular complexity index is 842. The molecular formula is C21H24N2O2. The summed E-state index contributed by atoms with van der Waals surface area (Å²) in [6.45, 7) is 8.52. The van der Waals surface area contributed by atoms with Gasteiger partial charge in [0.25, 0.3) is 0 Å². The molecule has 1 N–H and O–H groups in total. The van der Waals surface area contributed by atoms with Gasteiger partial charge in [0.1, 0.15) is 0 Å². The lowest BCUT2D eigenvalue weighted by molar-refractivity contribution is -0.122. The van der Waals surface area contributed by atoms with E-state index in [0.29, 0.717) is 6.54 Å². The van der Waals surface area contributed by atoms with Crippen LogP contribution in [-0.2, 0) is 9.59 Å². The number of nitrogens with zero attached hydrogens (tertiary/aromatic N) is 1. The Morgan fingerprint density at radius 2 is 1.80 bits per heavy atom. The first-order valence-corrected chi connectivity index (χ1v) is 8.61. The van der Waals surface area contributed by atoms with Crippen LogP contribution < -0.4 is 10.2 Å². The maximum atomic E-state index is 12.6. The molecule has 1 saturated heterocycles. The van der Waals surface area contributed by atoms with Crippen LogP contribution >= 0.6 is 0 Å².